The molecule has 2 aromatic rings. The monoisotopic (exact) mass is 328 g/mol. The second kappa shape index (κ2) is 6.14. The summed E-state index contributed by atoms with van der Waals surface area (Å²) >= 11 is 6.00. The van der Waals surface area contributed by atoms with Crippen molar-refractivity contribution >= 4 is 40.8 Å². The van der Waals surface area contributed by atoms with E-state index in [1.165, 1.54) is 0 Å². The summed E-state index contributed by atoms with van der Waals surface area (Å²) in [6, 6.07) is 12.3. The van der Waals surface area contributed by atoms with Gasteiger partial charge in [-0.25, -0.2) is 0 Å². The number of anilines is 1. The first kappa shape index (κ1) is 15.1. The number of amides is 2. The molecule has 0 fully saturated rings. The molecule has 1 heterocycles. The standard InChI is InChI=1S/C17H13ClN2O3/c18-11-3-6-15-13(8-11)14(17(22)20-15)7-10-1-4-12(5-2-10)23-9-16(19)21/h1-8H,9H2,(H2,19,21)(H,20,22)/b14-7+. The molecular weight excluding hydrogens is 316 g/mol. The zero-order valence-corrected chi connectivity index (χ0v) is 12.8. The minimum Gasteiger partial charge on any atom is -0.484 e. The Bertz CT molecular complexity index is 813. The molecule has 0 atom stereocenters. The number of primary amides is 1. The summed E-state index contributed by atoms with van der Waals surface area (Å²) < 4.78 is 5.19. The van der Waals surface area contributed by atoms with Gasteiger partial charge in [-0.3, -0.25) is 9.59 Å². The van der Waals surface area contributed by atoms with Crippen LogP contribution >= 0.6 is 11.6 Å². The average Bonchev–Trinajstić information content (AvgIpc) is 2.82. The van der Waals surface area contributed by atoms with Crippen molar-refractivity contribution in [1.82, 2.24) is 0 Å². The van der Waals surface area contributed by atoms with E-state index >= 15 is 0 Å². The van der Waals surface area contributed by atoms with Crippen molar-refractivity contribution in [3.8, 4) is 5.75 Å². The second-order valence-electron chi connectivity index (χ2n) is 5.03. The maximum absolute atomic E-state index is 12.1. The van der Waals surface area contributed by atoms with E-state index in [-0.39, 0.29) is 12.5 Å². The Kier molecular flexibility index (Phi) is 4.04. The molecule has 0 aromatic heterocycles. The summed E-state index contributed by atoms with van der Waals surface area (Å²) in [5, 5.41) is 3.37. The average molecular weight is 329 g/mol. The van der Waals surface area contributed by atoms with Gasteiger partial charge in [-0.2, -0.15) is 0 Å². The molecule has 1 aliphatic rings. The molecule has 2 amide bonds. The van der Waals surface area contributed by atoms with E-state index in [4.69, 9.17) is 22.1 Å². The molecule has 0 aliphatic carbocycles. The Labute approximate surface area is 137 Å². The minimum absolute atomic E-state index is 0.170. The van der Waals surface area contributed by atoms with Crippen LogP contribution in [0, 0.1) is 0 Å². The molecule has 0 saturated carbocycles. The van der Waals surface area contributed by atoms with Gasteiger partial charge in [0.25, 0.3) is 11.8 Å². The number of ether oxygens (including phenoxy) is 1. The number of carbonyl (C=O) groups excluding carboxylic acids is 2. The summed E-state index contributed by atoms with van der Waals surface area (Å²) in [5.41, 5.74) is 7.92. The first-order valence-corrected chi connectivity index (χ1v) is 7.25. The maximum Gasteiger partial charge on any atom is 0.256 e. The SMILES string of the molecule is NC(=O)COc1ccc(/C=C2/C(=O)Nc3ccc(Cl)cc32)cc1. The Morgan fingerprint density at radius 2 is 1.96 bits per heavy atom. The first-order chi connectivity index (χ1) is 11.0. The highest BCUT2D eigenvalue weighted by molar-refractivity contribution is 6.36. The number of carbonyl (C=O) groups is 2. The molecule has 0 bridgehead atoms. The number of hydrogen-bond acceptors (Lipinski definition) is 3. The van der Waals surface area contributed by atoms with Gasteiger partial charge < -0.3 is 15.8 Å². The number of rotatable bonds is 4. The molecule has 23 heavy (non-hydrogen) atoms. The Morgan fingerprint density at radius 1 is 1.22 bits per heavy atom. The zero-order valence-electron chi connectivity index (χ0n) is 12.0. The fourth-order valence-corrected chi connectivity index (χ4v) is 2.46. The lowest BCUT2D eigenvalue weighted by Crippen LogP contribution is -2.19. The molecule has 6 heteroatoms. The highest BCUT2D eigenvalue weighted by Crippen LogP contribution is 2.35. The topological polar surface area (TPSA) is 81.4 Å². The third-order valence-corrected chi connectivity index (χ3v) is 3.57. The molecule has 0 radical (unpaired) electrons. The third kappa shape index (κ3) is 3.35. The smallest absolute Gasteiger partial charge is 0.256 e. The van der Waals surface area contributed by atoms with Crippen molar-refractivity contribution in [2.45, 2.75) is 0 Å². The van der Waals surface area contributed by atoms with Gasteiger partial charge in [-0.05, 0) is 42.0 Å². The number of hydrogen-bond donors (Lipinski definition) is 2. The minimum atomic E-state index is -0.535. The largest absolute Gasteiger partial charge is 0.484 e. The second-order valence-corrected chi connectivity index (χ2v) is 5.46. The van der Waals surface area contributed by atoms with E-state index in [1.54, 1.807) is 48.5 Å². The number of nitrogens with one attached hydrogen (secondary N) is 1. The summed E-state index contributed by atoms with van der Waals surface area (Å²) in [5.74, 6) is -0.172. The lowest BCUT2D eigenvalue weighted by molar-refractivity contribution is -0.120. The fraction of sp³-hybridized carbons (Fsp3) is 0.0588. The van der Waals surface area contributed by atoms with Crippen LogP contribution in [0.2, 0.25) is 5.02 Å². The number of benzene rings is 2. The van der Waals surface area contributed by atoms with Crippen LogP contribution in [0.3, 0.4) is 0 Å². The van der Waals surface area contributed by atoms with Crippen molar-refractivity contribution in [2.24, 2.45) is 5.73 Å². The van der Waals surface area contributed by atoms with Crippen LogP contribution in [0.25, 0.3) is 11.6 Å². The zero-order chi connectivity index (χ0) is 16.4. The van der Waals surface area contributed by atoms with Crippen molar-refractivity contribution in [3.05, 3.63) is 58.6 Å². The molecular formula is C17H13ClN2O3. The highest BCUT2D eigenvalue weighted by Gasteiger charge is 2.24. The van der Waals surface area contributed by atoms with Crippen molar-refractivity contribution in [3.63, 3.8) is 0 Å². The first-order valence-electron chi connectivity index (χ1n) is 6.87. The van der Waals surface area contributed by atoms with E-state index in [1.807, 2.05) is 0 Å². The van der Waals surface area contributed by atoms with Gasteiger partial charge in [0.1, 0.15) is 5.75 Å². The normalized spacial score (nSPS) is 14.5. The van der Waals surface area contributed by atoms with E-state index in [0.29, 0.717) is 16.3 Å². The van der Waals surface area contributed by atoms with Gasteiger partial charge in [0.05, 0.1) is 0 Å². The molecule has 2 aromatic carbocycles. The Morgan fingerprint density at radius 3 is 2.65 bits per heavy atom. The van der Waals surface area contributed by atoms with E-state index in [9.17, 15) is 9.59 Å². The van der Waals surface area contributed by atoms with Crippen LogP contribution in [0.4, 0.5) is 5.69 Å². The van der Waals surface area contributed by atoms with Crippen LogP contribution in [0.15, 0.2) is 42.5 Å². The van der Waals surface area contributed by atoms with Gasteiger partial charge in [0.2, 0.25) is 0 Å². The van der Waals surface area contributed by atoms with Crippen molar-refractivity contribution in [1.29, 1.82) is 0 Å². The van der Waals surface area contributed by atoms with Crippen LogP contribution < -0.4 is 15.8 Å². The van der Waals surface area contributed by atoms with Gasteiger partial charge in [0.15, 0.2) is 6.61 Å². The molecule has 116 valence electrons. The van der Waals surface area contributed by atoms with Crippen LogP contribution in [0.1, 0.15) is 11.1 Å². The van der Waals surface area contributed by atoms with Crippen LogP contribution in [-0.4, -0.2) is 18.4 Å². The predicted octanol–water partition coefficient (Wildman–Crippen LogP) is 2.70. The predicted molar refractivity (Wildman–Crippen MR) is 89.1 cm³/mol. The molecule has 5 nitrogen and oxygen atoms in total. The molecule has 0 saturated heterocycles. The number of nitrogens with two attached hydrogens (primary N) is 1. The summed E-state index contributed by atoms with van der Waals surface area (Å²) in [6.45, 7) is -0.172. The van der Waals surface area contributed by atoms with E-state index in [0.717, 1.165) is 16.8 Å². The molecule has 3 N–H and O–H groups in total. The quantitative estimate of drug-likeness (QED) is 0.847. The van der Waals surface area contributed by atoms with Gasteiger partial charge in [-0.15, -0.1) is 0 Å². The number of fused-ring (bicyclic) bond motifs is 1. The Hall–Kier alpha value is -2.79. The highest BCUT2D eigenvalue weighted by atomic mass is 35.5. The molecule has 3 rings (SSSR count). The molecule has 0 unspecified atom stereocenters. The van der Waals surface area contributed by atoms with Crippen molar-refractivity contribution < 1.29 is 14.3 Å². The Balaban J connectivity index is 1.86. The lowest BCUT2D eigenvalue weighted by Gasteiger charge is -2.04. The van der Waals surface area contributed by atoms with Crippen LogP contribution in [-0.2, 0) is 9.59 Å². The van der Waals surface area contributed by atoms with Gasteiger partial charge in [0, 0.05) is 21.8 Å². The van der Waals surface area contributed by atoms with Crippen LogP contribution in [0.5, 0.6) is 5.75 Å². The van der Waals surface area contributed by atoms with E-state index < -0.39 is 5.91 Å². The summed E-state index contributed by atoms with van der Waals surface area (Å²) in [7, 11) is 0. The summed E-state index contributed by atoms with van der Waals surface area (Å²) in [4.78, 5) is 22.8. The number of halogens is 1. The third-order valence-electron chi connectivity index (χ3n) is 3.34. The molecule has 1 aliphatic heterocycles. The maximum atomic E-state index is 12.1. The van der Waals surface area contributed by atoms with Crippen molar-refractivity contribution in [2.75, 3.05) is 11.9 Å². The van der Waals surface area contributed by atoms with E-state index in [2.05, 4.69) is 5.32 Å². The van der Waals surface area contributed by atoms with Gasteiger partial charge >= 0.3 is 0 Å². The molecule has 0 spiro atoms. The summed E-state index contributed by atoms with van der Waals surface area (Å²) in [6.07, 6.45) is 1.77. The fourth-order valence-electron chi connectivity index (χ4n) is 2.28. The van der Waals surface area contributed by atoms with Gasteiger partial charge in [-0.1, -0.05) is 23.7 Å². The lowest BCUT2D eigenvalue weighted by atomic mass is 10.0.